The molecule has 3 rings (SSSR count). The van der Waals surface area contributed by atoms with Gasteiger partial charge in [-0.3, -0.25) is 4.72 Å². The molecular weight excluding hydrogens is 370 g/mol. The van der Waals surface area contributed by atoms with E-state index in [-0.39, 0.29) is 4.90 Å². The SMILES string of the molecule is C[C@@H](CC1CCCCC1)NCc1c(N)cccc1NS(=O)(=O)c1ccccc1. The van der Waals surface area contributed by atoms with E-state index in [1.807, 2.05) is 6.07 Å². The number of benzene rings is 2. The van der Waals surface area contributed by atoms with Crippen LogP contribution >= 0.6 is 0 Å². The standard InChI is InChI=1S/C22H31N3O2S/c1-17(15-18-9-4-2-5-10-18)24-16-20-21(23)13-8-14-22(20)25-28(26,27)19-11-6-3-7-12-19/h3,6-8,11-14,17-18,24-25H,2,4-5,9-10,15-16,23H2,1H3/t17-/m0/s1. The van der Waals surface area contributed by atoms with Crippen LogP contribution in [0.1, 0.15) is 51.0 Å². The number of sulfonamides is 1. The molecule has 2 aromatic rings. The Kier molecular flexibility index (Phi) is 6.97. The average Bonchev–Trinajstić information content (AvgIpc) is 2.69. The van der Waals surface area contributed by atoms with E-state index in [9.17, 15) is 8.42 Å². The zero-order valence-corrected chi connectivity index (χ0v) is 17.3. The Bertz CT molecular complexity index is 863. The lowest BCUT2D eigenvalue weighted by molar-refractivity contribution is 0.305. The molecule has 0 amide bonds. The lowest BCUT2D eigenvalue weighted by atomic mass is 9.85. The van der Waals surface area contributed by atoms with Crippen LogP contribution in [0.2, 0.25) is 0 Å². The third-order valence-corrected chi connectivity index (χ3v) is 6.93. The van der Waals surface area contributed by atoms with Crippen LogP contribution in [-0.2, 0) is 16.6 Å². The number of hydrogen-bond donors (Lipinski definition) is 3. The summed E-state index contributed by atoms with van der Waals surface area (Å²) < 4.78 is 28.1. The van der Waals surface area contributed by atoms with Crippen LogP contribution in [0.15, 0.2) is 53.4 Å². The minimum Gasteiger partial charge on any atom is -0.398 e. The number of anilines is 2. The van der Waals surface area contributed by atoms with Crippen LogP contribution in [0.25, 0.3) is 0 Å². The van der Waals surface area contributed by atoms with E-state index in [1.165, 1.54) is 32.1 Å². The van der Waals surface area contributed by atoms with Crippen LogP contribution < -0.4 is 15.8 Å². The van der Waals surface area contributed by atoms with Gasteiger partial charge in [0.15, 0.2) is 0 Å². The molecular formula is C22H31N3O2S. The number of nitrogen functional groups attached to an aromatic ring is 1. The maximum absolute atomic E-state index is 12.7. The lowest BCUT2D eigenvalue weighted by Crippen LogP contribution is -2.29. The maximum Gasteiger partial charge on any atom is 0.261 e. The predicted octanol–water partition coefficient (Wildman–Crippen LogP) is 4.52. The molecule has 0 radical (unpaired) electrons. The van der Waals surface area contributed by atoms with Crippen molar-refractivity contribution in [2.75, 3.05) is 10.5 Å². The zero-order valence-electron chi connectivity index (χ0n) is 16.5. The van der Waals surface area contributed by atoms with Crippen LogP contribution in [0.4, 0.5) is 11.4 Å². The van der Waals surface area contributed by atoms with E-state index in [1.54, 1.807) is 42.5 Å². The molecule has 0 spiro atoms. The zero-order chi connectivity index (χ0) is 20.0. The van der Waals surface area contributed by atoms with Gasteiger partial charge < -0.3 is 11.1 Å². The van der Waals surface area contributed by atoms with Crippen LogP contribution in [-0.4, -0.2) is 14.5 Å². The van der Waals surface area contributed by atoms with Crippen LogP contribution in [0, 0.1) is 5.92 Å². The minimum atomic E-state index is -3.65. The summed E-state index contributed by atoms with van der Waals surface area (Å²) in [4.78, 5) is 0.238. The van der Waals surface area contributed by atoms with Gasteiger partial charge in [0.05, 0.1) is 10.6 Å². The summed E-state index contributed by atoms with van der Waals surface area (Å²) in [5, 5.41) is 3.54. The van der Waals surface area contributed by atoms with Gasteiger partial charge in [-0.1, -0.05) is 56.4 Å². The molecule has 0 bridgehead atoms. The van der Waals surface area contributed by atoms with Gasteiger partial charge in [-0.2, -0.15) is 0 Å². The Labute approximate surface area is 168 Å². The largest absolute Gasteiger partial charge is 0.398 e. The van der Waals surface area contributed by atoms with Crippen molar-refractivity contribution in [2.24, 2.45) is 5.92 Å². The highest BCUT2D eigenvalue weighted by atomic mass is 32.2. The van der Waals surface area contributed by atoms with E-state index in [2.05, 4.69) is 17.0 Å². The van der Waals surface area contributed by atoms with Crippen LogP contribution in [0.5, 0.6) is 0 Å². The third kappa shape index (κ3) is 5.49. The highest BCUT2D eigenvalue weighted by molar-refractivity contribution is 7.92. The van der Waals surface area contributed by atoms with Gasteiger partial charge in [0.2, 0.25) is 0 Å². The van der Waals surface area contributed by atoms with E-state index in [0.29, 0.717) is 24.0 Å². The average molecular weight is 402 g/mol. The first kappa shape index (κ1) is 20.7. The van der Waals surface area contributed by atoms with Crippen molar-refractivity contribution in [1.82, 2.24) is 5.32 Å². The monoisotopic (exact) mass is 401 g/mol. The number of nitrogens with two attached hydrogens (primary N) is 1. The smallest absolute Gasteiger partial charge is 0.261 e. The van der Waals surface area contributed by atoms with E-state index >= 15 is 0 Å². The van der Waals surface area contributed by atoms with Crippen molar-refractivity contribution in [2.45, 2.75) is 62.9 Å². The number of rotatable bonds is 8. The van der Waals surface area contributed by atoms with Gasteiger partial charge in [-0.15, -0.1) is 0 Å². The third-order valence-electron chi connectivity index (χ3n) is 5.55. The Morgan fingerprint density at radius 3 is 2.46 bits per heavy atom. The summed E-state index contributed by atoms with van der Waals surface area (Å²) in [5.74, 6) is 0.792. The van der Waals surface area contributed by atoms with E-state index < -0.39 is 10.0 Å². The Morgan fingerprint density at radius 1 is 1.04 bits per heavy atom. The maximum atomic E-state index is 12.7. The summed E-state index contributed by atoms with van der Waals surface area (Å²) in [6.45, 7) is 2.73. The molecule has 5 nitrogen and oxygen atoms in total. The molecule has 1 aliphatic rings. The molecule has 6 heteroatoms. The summed E-state index contributed by atoms with van der Waals surface area (Å²) >= 11 is 0. The highest BCUT2D eigenvalue weighted by Gasteiger charge is 2.19. The highest BCUT2D eigenvalue weighted by Crippen LogP contribution is 2.28. The summed E-state index contributed by atoms with van der Waals surface area (Å²) in [6, 6.07) is 14.1. The fraction of sp³-hybridized carbons (Fsp3) is 0.455. The van der Waals surface area contributed by atoms with Crippen molar-refractivity contribution >= 4 is 21.4 Å². The van der Waals surface area contributed by atoms with Gasteiger partial charge in [-0.25, -0.2) is 8.42 Å². The molecule has 0 heterocycles. The molecule has 4 N–H and O–H groups in total. The first-order valence-corrected chi connectivity index (χ1v) is 11.6. The van der Waals surface area contributed by atoms with Gasteiger partial charge in [0.1, 0.15) is 0 Å². The Hall–Kier alpha value is -2.05. The van der Waals surface area contributed by atoms with Gasteiger partial charge in [-0.05, 0) is 43.5 Å². The fourth-order valence-corrected chi connectivity index (χ4v) is 5.10. The summed E-state index contributed by atoms with van der Waals surface area (Å²) in [7, 11) is -3.65. The predicted molar refractivity (Wildman–Crippen MR) is 116 cm³/mol. The second-order valence-corrected chi connectivity index (χ2v) is 9.50. The number of hydrogen-bond acceptors (Lipinski definition) is 4. The molecule has 0 aliphatic heterocycles. The molecule has 2 aromatic carbocycles. The van der Waals surface area contributed by atoms with Crippen molar-refractivity contribution in [1.29, 1.82) is 0 Å². The minimum absolute atomic E-state index is 0.238. The summed E-state index contributed by atoms with van der Waals surface area (Å²) in [5.41, 5.74) is 8.08. The molecule has 0 unspecified atom stereocenters. The summed E-state index contributed by atoms with van der Waals surface area (Å²) in [6.07, 6.45) is 7.84. The first-order chi connectivity index (χ1) is 13.5. The van der Waals surface area contributed by atoms with Gasteiger partial charge in [0, 0.05) is 23.8 Å². The van der Waals surface area contributed by atoms with Crippen molar-refractivity contribution in [3.8, 4) is 0 Å². The number of nitrogens with one attached hydrogen (secondary N) is 2. The molecule has 1 atom stereocenters. The molecule has 1 saturated carbocycles. The normalized spacial score (nSPS) is 16.6. The second kappa shape index (κ2) is 9.43. The van der Waals surface area contributed by atoms with Crippen molar-refractivity contribution in [3.63, 3.8) is 0 Å². The topological polar surface area (TPSA) is 84.2 Å². The molecule has 152 valence electrons. The molecule has 0 aromatic heterocycles. The van der Waals surface area contributed by atoms with Crippen molar-refractivity contribution < 1.29 is 8.42 Å². The fourth-order valence-electron chi connectivity index (χ4n) is 3.98. The lowest BCUT2D eigenvalue weighted by Gasteiger charge is -2.25. The first-order valence-electron chi connectivity index (χ1n) is 10.1. The Morgan fingerprint density at radius 2 is 1.75 bits per heavy atom. The van der Waals surface area contributed by atoms with Crippen molar-refractivity contribution in [3.05, 3.63) is 54.1 Å². The Balaban J connectivity index is 1.68. The molecule has 1 fully saturated rings. The van der Waals surface area contributed by atoms with Crippen LogP contribution in [0.3, 0.4) is 0 Å². The second-order valence-electron chi connectivity index (χ2n) is 7.81. The van der Waals surface area contributed by atoms with E-state index in [0.717, 1.165) is 17.9 Å². The quantitative estimate of drug-likeness (QED) is 0.568. The molecule has 0 saturated heterocycles. The molecule has 1 aliphatic carbocycles. The van der Waals surface area contributed by atoms with Gasteiger partial charge in [0.25, 0.3) is 10.0 Å². The molecule has 28 heavy (non-hydrogen) atoms. The van der Waals surface area contributed by atoms with Gasteiger partial charge >= 0.3 is 0 Å². The van der Waals surface area contributed by atoms with E-state index in [4.69, 9.17) is 5.73 Å².